The predicted octanol–water partition coefficient (Wildman–Crippen LogP) is 4.84. The lowest BCUT2D eigenvalue weighted by Crippen LogP contribution is -2.43. The number of hydrogen-bond donors (Lipinski definition) is 0. The number of benzene rings is 3. The smallest absolute Gasteiger partial charge is 0.259 e. The molecule has 0 bridgehead atoms. The van der Waals surface area contributed by atoms with E-state index in [0.29, 0.717) is 18.5 Å². The molecule has 0 radical (unpaired) electrons. The number of aryl methyl sites for hydroxylation is 2. The van der Waals surface area contributed by atoms with E-state index in [1.807, 2.05) is 60.4 Å². The Kier molecular flexibility index (Phi) is 5.25. The predicted molar refractivity (Wildman–Crippen MR) is 130 cm³/mol. The van der Waals surface area contributed by atoms with E-state index in [2.05, 4.69) is 25.1 Å². The molecule has 5 rings (SSSR count). The summed E-state index contributed by atoms with van der Waals surface area (Å²) in [5, 5.41) is 1.60. The zero-order valence-corrected chi connectivity index (χ0v) is 19.1. The Hall–Kier alpha value is -3.86. The number of hydrogen-bond acceptors (Lipinski definition) is 3. The molecule has 166 valence electrons. The first kappa shape index (κ1) is 21.0. The highest BCUT2D eigenvalue weighted by Crippen LogP contribution is 2.35. The average Bonchev–Trinajstić information content (AvgIpc) is 2.83. The molecule has 1 aromatic heterocycles. The number of fused-ring (bicyclic) bond motifs is 2. The van der Waals surface area contributed by atoms with Gasteiger partial charge in [-0.2, -0.15) is 0 Å². The molecular formula is C28H26N2O3. The Balaban J connectivity index is 1.72. The van der Waals surface area contributed by atoms with E-state index >= 15 is 0 Å². The van der Waals surface area contributed by atoms with Gasteiger partial charge in [-0.25, -0.2) is 0 Å². The van der Waals surface area contributed by atoms with Gasteiger partial charge in [-0.3, -0.25) is 9.59 Å². The third-order valence-corrected chi connectivity index (χ3v) is 6.60. The lowest BCUT2D eigenvalue weighted by atomic mass is 9.93. The first-order chi connectivity index (χ1) is 16.0. The normalized spacial score (nSPS) is 13.3. The van der Waals surface area contributed by atoms with E-state index in [1.54, 1.807) is 11.7 Å². The summed E-state index contributed by atoms with van der Waals surface area (Å²) < 4.78 is 7.16. The summed E-state index contributed by atoms with van der Waals surface area (Å²) in [7, 11) is 1.63. The summed E-state index contributed by atoms with van der Waals surface area (Å²) in [6, 6.07) is 21.9. The van der Waals surface area contributed by atoms with Crippen molar-refractivity contribution in [1.29, 1.82) is 0 Å². The second kappa shape index (κ2) is 8.24. The van der Waals surface area contributed by atoms with Gasteiger partial charge in [0.2, 0.25) is 5.91 Å². The minimum atomic E-state index is -0.104. The van der Waals surface area contributed by atoms with Gasteiger partial charge in [-0.15, -0.1) is 0 Å². The highest BCUT2D eigenvalue weighted by Gasteiger charge is 2.29. The highest BCUT2D eigenvalue weighted by molar-refractivity contribution is 5.99. The van der Waals surface area contributed by atoms with Crippen molar-refractivity contribution in [3.63, 3.8) is 0 Å². The van der Waals surface area contributed by atoms with Gasteiger partial charge in [0.15, 0.2) is 0 Å². The third-order valence-electron chi connectivity index (χ3n) is 6.60. The van der Waals surface area contributed by atoms with Gasteiger partial charge in [-0.05, 0) is 48.1 Å². The van der Waals surface area contributed by atoms with Crippen LogP contribution in [-0.2, 0) is 24.4 Å². The van der Waals surface area contributed by atoms with Gasteiger partial charge >= 0.3 is 0 Å². The lowest BCUT2D eigenvalue weighted by molar-refractivity contribution is -0.134. The standard InChI is InChI=1S/C28H26N2O3/c1-18-13-22-23(14-19(18)2)28(32)30-17-26(31)29(15-21-11-7-8-12-25(21)33-3)16-24(30)27(22)20-9-5-4-6-10-20/h4-14H,15-17H2,1-3H3. The van der Waals surface area contributed by atoms with Crippen molar-refractivity contribution in [2.24, 2.45) is 0 Å². The van der Waals surface area contributed by atoms with Crippen LogP contribution in [0.15, 0.2) is 71.5 Å². The zero-order valence-electron chi connectivity index (χ0n) is 19.1. The quantitative estimate of drug-likeness (QED) is 0.458. The summed E-state index contributed by atoms with van der Waals surface area (Å²) in [5.41, 5.74) is 5.98. The first-order valence-corrected chi connectivity index (χ1v) is 11.1. The molecule has 1 aliphatic rings. The highest BCUT2D eigenvalue weighted by atomic mass is 16.5. The van der Waals surface area contributed by atoms with Crippen LogP contribution in [-0.4, -0.2) is 22.5 Å². The van der Waals surface area contributed by atoms with Crippen LogP contribution in [0.3, 0.4) is 0 Å². The number of carbonyl (C=O) groups is 1. The second-order valence-corrected chi connectivity index (χ2v) is 8.62. The molecule has 5 heteroatoms. The van der Waals surface area contributed by atoms with Crippen molar-refractivity contribution < 1.29 is 9.53 Å². The minimum absolute atomic E-state index is 0.0337. The largest absolute Gasteiger partial charge is 0.496 e. The maximum Gasteiger partial charge on any atom is 0.259 e. The molecule has 0 unspecified atom stereocenters. The van der Waals surface area contributed by atoms with Crippen molar-refractivity contribution >= 4 is 16.7 Å². The molecule has 0 N–H and O–H groups in total. The van der Waals surface area contributed by atoms with Crippen LogP contribution < -0.4 is 10.3 Å². The van der Waals surface area contributed by atoms with E-state index < -0.39 is 0 Å². The van der Waals surface area contributed by atoms with Crippen LogP contribution in [0.25, 0.3) is 21.9 Å². The molecule has 5 nitrogen and oxygen atoms in total. The number of amides is 1. The number of para-hydroxylation sites is 1. The van der Waals surface area contributed by atoms with Crippen molar-refractivity contribution in [3.05, 3.63) is 99.5 Å². The van der Waals surface area contributed by atoms with Crippen LogP contribution in [0, 0.1) is 13.8 Å². The van der Waals surface area contributed by atoms with Gasteiger partial charge in [0.05, 0.1) is 13.7 Å². The molecule has 4 aromatic rings. The monoisotopic (exact) mass is 438 g/mol. The Bertz CT molecular complexity index is 1440. The second-order valence-electron chi connectivity index (χ2n) is 8.62. The molecule has 0 atom stereocenters. The molecule has 1 aliphatic heterocycles. The maximum atomic E-state index is 13.5. The fourth-order valence-corrected chi connectivity index (χ4v) is 4.70. The Morgan fingerprint density at radius 2 is 1.52 bits per heavy atom. The Morgan fingerprint density at radius 1 is 0.848 bits per heavy atom. The maximum absolute atomic E-state index is 13.5. The first-order valence-electron chi connectivity index (χ1n) is 11.1. The fraction of sp³-hybridized carbons (Fsp3) is 0.214. The Morgan fingerprint density at radius 3 is 2.24 bits per heavy atom. The number of pyridine rings is 1. The van der Waals surface area contributed by atoms with Crippen molar-refractivity contribution in [2.75, 3.05) is 7.11 Å². The van der Waals surface area contributed by atoms with Gasteiger partial charge in [-0.1, -0.05) is 54.6 Å². The molecule has 0 saturated heterocycles. The van der Waals surface area contributed by atoms with Crippen LogP contribution in [0.5, 0.6) is 5.75 Å². The van der Waals surface area contributed by atoms with Crippen molar-refractivity contribution in [3.8, 4) is 16.9 Å². The molecule has 33 heavy (non-hydrogen) atoms. The van der Waals surface area contributed by atoms with Crippen molar-refractivity contribution in [1.82, 2.24) is 9.47 Å². The minimum Gasteiger partial charge on any atom is -0.496 e. The van der Waals surface area contributed by atoms with E-state index in [0.717, 1.165) is 44.6 Å². The van der Waals surface area contributed by atoms with Crippen LogP contribution in [0.2, 0.25) is 0 Å². The summed E-state index contributed by atoms with van der Waals surface area (Å²) in [6.45, 7) is 4.90. The summed E-state index contributed by atoms with van der Waals surface area (Å²) in [5.74, 6) is 0.679. The molecule has 2 heterocycles. The zero-order chi connectivity index (χ0) is 23.1. The SMILES string of the molecule is COc1ccccc1CN1Cc2c(-c3ccccc3)c3cc(C)c(C)cc3c(=O)n2CC1=O. The lowest BCUT2D eigenvalue weighted by Gasteiger charge is -2.32. The summed E-state index contributed by atoms with van der Waals surface area (Å²) >= 11 is 0. The van der Waals surface area contributed by atoms with Crippen LogP contribution >= 0.6 is 0 Å². The number of aromatic nitrogens is 1. The summed E-state index contributed by atoms with van der Waals surface area (Å²) in [4.78, 5) is 28.5. The van der Waals surface area contributed by atoms with Crippen molar-refractivity contribution in [2.45, 2.75) is 33.5 Å². The van der Waals surface area contributed by atoms with E-state index in [1.165, 1.54) is 0 Å². The number of methoxy groups -OCH3 is 1. The molecule has 0 aliphatic carbocycles. The van der Waals surface area contributed by atoms with Crippen LogP contribution in [0.1, 0.15) is 22.4 Å². The fourth-order valence-electron chi connectivity index (χ4n) is 4.70. The molecule has 0 spiro atoms. The number of carbonyl (C=O) groups excluding carboxylic acids is 1. The van der Waals surface area contributed by atoms with Gasteiger partial charge < -0.3 is 14.2 Å². The van der Waals surface area contributed by atoms with E-state index in [-0.39, 0.29) is 18.0 Å². The molecule has 3 aromatic carbocycles. The van der Waals surface area contributed by atoms with Gasteiger partial charge in [0.25, 0.3) is 5.56 Å². The Labute approximate surface area is 192 Å². The average molecular weight is 439 g/mol. The molecule has 1 amide bonds. The van der Waals surface area contributed by atoms with E-state index in [4.69, 9.17) is 4.74 Å². The topological polar surface area (TPSA) is 51.5 Å². The summed E-state index contributed by atoms with van der Waals surface area (Å²) in [6.07, 6.45) is 0. The van der Waals surface area contributed by atoms with Gasteiger partial charge in [0, 0.05) is 28.8 Å². The van der Waals surface area contributed by atoms with Crippen LogP contribution in [0.4, 0.5) is 0 Å². The van der Waals surface area contributed by atoms with Gasteiger partial charge in [0.1, 0.15) is 12.3 Å². The molecular weight excluding hydrogens is 412 g/mol. The number of ether oxygens (including phenoxy) is 1. The molecule has 0 saturated carbocycles. The third kappa shape index (κ3) is 3.59. The van der Waals surface area contributed by atoms with E-state index in [9.17, 15) is 9.59 Å². The number of rotatable bonds is 4. The molecule has 0 fully saturated rings. The number of nitrogens with zero attached hydrogens (tertiary/aromatic N) is 2.